The second-order valence-corrected chi connectivity index (χ2v) is 6.85. The van der Waals surface area contributed by atoms with Gasteiger partial charge in [-0.3, -0.25) is 4.79 Å². The van der Waals surface area contributed by atoms with Gasteiger partial charge < -0.3 is 4.57 Å². The zero-order valence-electron chi connectivity index (χ0n) is 12.1. The molecule has 3 rings (SSSR count). The average molecular weight is 375 g/mol. The number of rotatable bonds is 3. The summed E-state index contributed by atoms with van der Waals surface area (Å²) in [7, 11) is 0. The number of halogens is 1. The van der Waals surface area contributed by atoms with Gasteiger partial charge in [0.25, 0.3) is 5.91 Å². The molecular formula is C17H15BrN2OS. The number of carbonyl (C=O) groups excluding carboxylic acids is 1. The number of hydrogen-bond acceptors (Lipinski definition) is 2. The van der Waals surface area contributed by atoms with Crippen LogP contribution < -0.4 is 4.80 Å². The molecule has 0 bridgehead atoms. The predicted molar refractivity (Wildman–Crippen MR) is 94.1 cm³/mol. The Balaban J connectivity index is 2.10. The lowest BCUT2D eigenvalue weighted by Gasteiger charge is -2.02. The third-order valence-electron chi connectivity index (χ3n) is 3.32. The lowest BCUT2D eigenvalue weighted by atomic mass is 10.2. The molecule has 3 nitrogen and oxygen atoms in total. The summed E-state index contributed by atoms with van der Waals surface area (Å²) in [6.45, 7) is 2.98. The van der Waals surface area contributed by atoms with E-state index in [1.165, 1.54) is 0 Å². The molecule has 0 fully saturated rings. The van der Waals surface area contributed by atoms with E-state index in [9.17, 15) is 4.79 Å². The monoisotopic (exact) mass is 374 g/mol. The molecule has 5 heteroatoms. The van der Waals surface area contributed by atoms with E-state index in [1.54, 1.807) is 23.5 Å². The third kappa shape index (κ3) is 3.05. The van der Waals surface area contributed by atoms with E-state index >= 15 is 0 Å². The minimum atomic E-state index is -0.205. The van der Waals surface area contributed by atoms with Crippen molar-refractivity contribution in [2.24, 2.45) is 4.99 Å². The molecule has 0 atom stereocenters. The van der Waals surface area contributed by atoms with Gasteiger partial charge in [-0.1, -0.05) is 46.3 Å². The molecule has 0 saturated carbocycles. The van der Waals surface area contributed by atoms with Crippen LogP contribution in [0.2, 0.25) is 0 Å². The number of fused-ring (bicyclic) bond motifs is 1. The van der Waals surface area contributed by atoms with Crippen molar-refractivity contribution in [1.82, 2.24) is 4.57 Å². The number of hydrogen-bond donors (Lipinski definition) is 0. The van der Waals surface area contributed by atoms with Gasteiger partial charge in [0, 0.05) is 16.6 Å². The van der Waals surface area contributed by atoms with Crippen LogP contribution in [-0.2, 0) is 6.54 Å². The zero-order chi connectivity index (χ0) is 15.5. The van der Waals surface area contributed by atoms with Crippen molar-refractivity contribution in [3.63, 3.8) is 0 Å². The molecule has 0 aliphatic heterocycles. The maximum absolute atomic E-state index is 12.4. The van der Waals surface area contributed by atoms with Crippen molar-refractivity contribution in [3.05, 3.63) is 63.4 Å². The van der Waals surface area contributed by atoms with Gasteiger partial charge in [0.1, 0.15) is 0 Å². The van der Waals surface area contributed by atoms with Gasteiger partial charge in [0.2, 0.25) is 0 Å². The average Bonchev–Trinajstić information content (AvgIpc) is 2.86. The highest BCUT2D eigenvalue weighted by Gasteiger charge is 2.08. The van der Waals surface area contributed by atoms with Crippen molar-refractivity contribution in [1.29, 1.82) is 0 Å². The van der Waals surface area contributed by atoms with Gasteiger partial charge >= 0.3 is 0 Å². The Bertz CT molecular complexity index is 878. The summed E-state index contributed by atoms with van der Waals surface area (Å²) in [4.78, 5) is 17.5. The molecule has 1 aromatic heterocycles. The van der Waals surface area contributed by atoms with Crippen molar-refractivity contribution in [2.75, 3.05) is 0 Å². The van der Waals surface area contributed by atoms with Crippen LogP contribution in [0, 0.1) is 0 Å². The Morgan fingerprint density at radius 3 is 2.64 bits per heavy atom. The van der Waals surface area contributed by atoms with Crippen LogP contribution in [0.4, 0.5) is 0 Å². The van der Waals surface area contributed by atoms with Gasteiger partial charge in [-0.15, -0.1) is 0 Å². The van der Waals surface area contributed by atoms with Crippen molar-refractivity contribution < 1.29 is 4.79 Å². The fourth-order valence-electron chi connectivity index (χ4n) is 2.29. The third-order valence-corrected chi connectivity index (χ3v) is 4.91. The van der Waals surface area contributed by atoms with Gasteiger partial charge in [0.15, 0.2) is 4.80 Å². The Labute approximate surface area is 141 Å². The van der Waals surface area contributed by atoms with Crippen LogP contribution in [0.25, 0.3) is 10.2 Å². The first kappa shape index (κ1) is 15.2. The van der Waals surface area contributed by atoms with Crippen molar-refractivity contribution in [3.8, 4) is 0 Å². The summed E-state index contributed by atoms with van der Waals surface area (Å²) >= 11 is 4.93. The number of thiazole rings is 1. The summed E-state index contributed by atoms with van der Waals surface area (Å²) in [5.41, 5.74) is 1.74. The van der Waals surface area contributed by atoms with Crippen LogP contribution in [0.3, 0.4) is 0 Å². The van der Waals surface area contributed by atoms with Crippen molar-refractivity contribution in [2.45, 2.75) is 19.9 Å². The smallest absolute Gasteiger partial charge is 0.279 e. The first-order valence-electron chi connectivity index (χ1n) is 7.12. The lowest BCUT2D eigenvalue weighted by Crippen LogP contribution is -2.16. The Morgan fingerprint density at radius 1 is 1.18 bits per heavy atom. The van der Waals surface area contributed by atoms with E-state index < -0.39 is 0 Å². The first-order chi connectivity index (χ1) is 10.7. The Morgan fingerprint density at radius 2 is 1.91 bits per heavy atom. The molecule has 112 valence electrons. The summed E-state index contributed by atoms with van der Waals surface area (Å²) in [6, 6.07) is 15.4. The number of aryl methyl sites for hydroxylation is 1. The molecule has 0 spiro atoms. The molecule has 0 aliphatic rings. The van der Waals surface area contributed by atoms with Crippen molar-refractivity contribution >= 4 is 43.4 Å². The van der Waals surface area contributed by atoms with Crippen LogP contribution in [-0.4, -0.2) is 10.5 Å². The van der Waals surface area contributed by atoms with Gasteiger partial charge in [-0.2, -0.15) is 4.99 Å². The minimum absolute atomic E-state index is 0.205. The Hall–Kier alpha value is -1.72. The SMILES string of the molecule is CCCn1c(=NC(=O)c2ccc(Br)cc2)sc2ccccc21. The topological polar surface area (TPSA) is 34.4 Å². The molecule has 0 saturated heterocycles. The minimum Gasteiger partial charge on any atom is -0.316 e. The number of aromatic nitrogens is 1. The maximum atomic E-state index is 12.4. The van der Waals surface area contributed by atoms with Gasteiger partial charge in [0.05, 0.1) is 10.2 Å². The highest BCUT2D eigenvalue weighted by molar-refractivity contribution is 9.10. The summed E-state index contributed by atoms with van der Waals surface area (Å²) in [5, 5.41) is 0. The van der Waals surface area contributed by atoms with Crippen LogP contribution in [0.5, 0.6) is 0 Å². The van der Waals surface area contributed by atoms with Crippen LogP contribution in [0.15, 0.2) is 58.0 Å². The van der Waals surface area contributed by atoms with E-state index in [4.69, 9.17) is 0 Å². The molecule has 2 aromatic carbocycles. The molecule has 22 heavy (non-hydrogen) atoms. The summed E-state index contributed by atoms with van der Waals surface area (Å²) in [5.74, 6) is -0.205. The molecule has 1 amide bonds. The zero-order valence-corrected chi connectivity index (χ0v) is 14.5. The molecule has 0 unspecified atom stereocenters. The maximum Gasteiger partial charge on any atom is 0.279 e. The predicted octanol–water partition coefficient (Wildman–Crippen LogP) is 4.62. The fraction of sp³-hybridized carbons (Fsp3) is 0.176. The Kier molecular flexibility index (Phi) is 4.55. The van der Waals surface area contributed by atoms with Crippen LogP contribution >= 0.6 is 27.3 Å². The van der Waals surface area contributed by atoms with Gasteiger partial charge in [-0.05, 0) is 42.8 Å². The van der Waals surface area contributed by atoms with Crippen LogP contribution in [0.1, 0.15) is 23.7 Å². The van der Waals surface area contributed by atoms with E-state index in [0.29, 0.717) is 5.56 Å². The largest absolute Gasteiger partial charge is 0.316 e. The molecule has 0 radical (unpaired) electrons. The van der Waals surface area contributed by atoms with E-state index in [-0.39, 0.29) is 5.91 Å². The normalized spacial score (nSPS) is 12.0. The second kappa shape index (κ2) is 6.58. The number of amides is 1. The lowest BCUT2D eigenvalue weighted by molar-refractivity contribution is 0.0998. The molecule has 3 aromatic rings. The van der Waals surface area contributed by atoms with E-state index in [2.05, 4.69) is 44.5 Å². The number of carbonyl (C=O) groups is 1. The van der Waals surface area contributed by atoms with Gasteiger partial charge in [-0.25, -0.2) is 0 Å². The standard InChI is InChI=1S/C17H15BrN2OS/c1-2-11-20-14-5-3-4-6-15(14)22-17(20)19-16(21)12-7-9-13(18)10-8-12/h3-10H,2,11H2,1H3. The van der Waals surface area contributed by atoms with E-state index in [0.717, 1.165) is 32.5 Å². The molecule has 0 aliphatic carbocycles. The number of nitrogens with zero attached hydrogens (tertiary/aromatic N) is 2. The first-order valence-corrected chi connectivity index (χ1v) is 8.73. The molecule has 0 N–H and O–H groups in total. The quantitative estimate of drug-likeness (QED) is 0.658. The highest BCUT2D eigenvalue weighted by Crippen LogP contribution is 2.17. The second-order valence-electron chi connectivity index (χ2n) is 4.93. The summed E-state index contributed by atoms with van der Waals surface area (Å²) in [6.07, 6.45) is 1.00. The van der Waals surface area contributed by atoms with E-state index in [1.807, 2.05) is 24.3 Å². The summed E-state index contributed by atoms with van der Waals surface area (Å²) < 4.78 is 4.22. The fourth-order valence-corrected chi connectivity index (χ4v) is 3.61. The highest BCUT2D eigenvalue weighted by atomic mass is 79.9. The number of para-hydroxylation sites is 1. The molecule has 1 heterocycles. The molecular weight excluding hydrogens is 360 g/mol. The number of benzene rings is 2.